The fourth-order valence-electron chi connectivity index (χ4n) is 2.87. The highest BCUT2D eigenvalue weighted by Gasteiger charge is 2.20. The van der Waals surface area contributed by atoms with Gasteiger partial charge in [-0.1, -0.05) is 19.3 Å². The molecule has 3 heteroatoms. The summed E-state index contributed by atoms with van der Waals surface area (Å²) in [6, 6.07) is 8.54. The zero-order valence-corrected chi connectivity index (χ0v) is 11.0. The summed E-state index contributed by atoms with van der Waals surface area (Å²) in [6.45, 7) is 3.18. The van der Waals surface area contributed by atoms with Crippen LogP contribution in [0.2, 0.25) is 0 Å². The molecule has 0 aromatic heterocycles. The molecule has 1 aliphatic carbocycles. The minimum Gasteiger partial charge on any atom is -0.398 e. The summed E-state index contributed by atoms with van der Waals surface area (Å²) >= 11 is 0. The van der Waals surface area contributed by atoms with Crippen LogP contribution in [0.25, 0.3) is 0 Å². The van der Waals surface area contributed by atoms with Gasteiger partial charge in [-0.15, -0.1) is 0 Å². The van der Waals surface area contributed by atoms with Crippen molar-refractivity contribution in [2.24, 2.45) is 0 Å². The van der Waals surface area contributed by atoms with E-state index in [1.54, 1.807) is 0 Å². The molecule has 0 atom stereocenters. The summed E-state index contributed by atoms with van der Waals surface area (Å²) in [5.41, 5.74) is 8.21. The predicted molar refractivity (Wildman–Crippen MR) is 75.5 cm³/mol. The predicted octanol–water partition coefficient (Wildman–Crippen LogP) is 3.30. The monoisotopic (exact) mass is 243 g/mol. The number of nitrogens with zero attached hydrogens (tertiary/aromatic N) is 2. The van der Waals surface area contributed by atoms with E-state index in [1.807, 2.05) is 18.2 Å². The Bertz CT molecular complexity index is 442. The van der Waals surface area contributed by atoms with E-state index in [1.165, 1.54) is 32.1 Å². The smallest absolute Gasteiger partial charge is 0.101 e. The van der Waals surface area contributed by atoms with E-state index in [0.717, 1.165) is 12.2 Å². The van der Waals surface area contributed by atoms with Crippen LogP contribution in [-0.4, -0.2) is 12.6 Å². The molecule has 1 aromatic carbocycles. The lowest BCUT2D eigenvalue weighted by Crippen LogP contribution is -2.36. The third-order valence-electron chi connectivity index (χ3n) is 3.84. The van der Waals surface area contributed by atoms with Gasteiger partial charge < -0.3 is 10.6 Å². The number of nitriles is 1. The lowest BCUT2D eigenvalue weighted by molar-refractivity contribution is 0.418. The Labute approximate surface area is 109 Å². The van der Waals surface area contributed by atoms with Crippen LogP contribution in [-0.2, 0) is 0 Å². The molecule has 0 bridgehead atoms. The second-order valence-electron chi connectivity index (χ2n) is 4.96. The molecule has 1 aromatic rings. The standard InChI is InChI=1S/C15H21N3/c1-2-18(13-6-4-3-5-7-13)14-9-8-12(11-16)15(17)10-14/h8-10,13H,2-7,17H2,1H3. The van der Waals surface area contributed by atoms with Crippen molar-refractivity contribution in [3.05, 3.63) is 23.8 Å². The molecule has 0 aliphatic heterocycles. The first-order chi connectivity index (χ1) is 8.76. The summed E-state index contributed by atoms with van der Waals surface area (Å²) in [5.74, 6) is 0. The SMILES string of the molecule is CCN(c1ccc(C#N)c(N)c1)C1CCCCC1. The van der Waals surface area contributed by atoms with E-state index in [2.05, 4.69) is 17.9 Å². The second kappa shape index (κ2) is 5.77. The number of hydrogen-bond acceptors (Lipinski definition) is 3. The van der Waals surface area contributed by atoms with Gasteiger partial charge in [-0.05, 0) is 38.0 Å². The Balaban J connectivity index is 2.21. The van der Waals surface area contributed by atoms with Gasteiger partial charge in [0.25, 0.3) is 0 Å². The highest BCUT2D eigenvalue weighted by molar-refractivity contribution is 5.63. The van der Waals surface area contributed by atoms with Crippen LogP contribution in [0.4, 0.5) is 11.4 Å². The van der Waals surface area contributed by atoms with Crippen molar-refractivity contribution in [2.75, 3.05) is 17.2 Å². The molecule has 0 heterocycles. The van der Waals surface area contributed by atoms with Crippen LogP contribution in [0, 0.1) is 11.3 Å². The van der Waals surface area contributed by atoms with E-state index in [4.69, 9.17) is 11.0 Å². The fraction of sp³-hybridized carbons (Fsp3) is 0.533. The molecule has 1 aliphatic rings. The van der Waals surface area contributed by atoms with E-state index in [9.17, 15) is 0 Å². The molecule has 3 nitrogen and oxygen atoms in total. The normalized spacial score (nSPS) is 16.2. The van der Waals surface area contributed by atoms with Crippen molar-refractivity contribution in [2.45, 2.75) is 45.1 Å². The summed E-state index contributed by atoms with van der Waals surface area (Å²) in [4.78, 5) is 2.43. The van der Waals surface area contributed by atoms with Gasteiger partial charge >= 0.3 is 0 Å². The largest absolute Gasteiger partial charge is 0.398 e. The van der Waals surface area contributed by atoms with Crippen LogP contribution in [0.3, 0.4) is 0 Å². The van der Waals surface area contributed by atoms with Gasteiger partial charge in [-0.2, -0.15) is 5.26 Å². The minimum absolute atomic E-state index is 0.568. The maximum Gasteiger partial charge on any atom is 0.101 e. The summed E-state index contributed by atoms with van der Waals surface area (Å²) in [5, 5.41) is 8.91. The summed E-state index contributed by atoms with van der Waals surface area (Å²) in [6.07, 6.45) is 6.56. The highest BCUT2D eigenvalue weighted by Crippen LogP contribution is 2.29. The van der Waals surface area contributed by atoms with Crippen molar-refractivity contribution in [1.82, 2.24) is 0 Å². The van der Waals surface area contributed by atoms with E-state index < -0.39 is 0 Å². The van der Waals surface area contributed by atoms with Gasteiger partial charge in [0.15, 0.2) is 0 Å². The first-order valence-electron chi connectivity index (χ1n) is 6.82. The molecule has 0 spiro atoms. The average molecular weight is 243 g/mol. The van der Waals surface area contributed by atoms with Crippen molar-refractivity contribution in [3.63, 3.8) is 0 Å². The Hall–Kier alpha value is -1.69. The number of benzene rings is 1. The van der Waals surface area contributed by atoms with E-state index in [0.29, 0.717) is 17.3 Å². The van der Waals surface area contributed by atoms with Gasteiger partial charge in [-0.3, -0.25) is 0 Å². The molecule has 18 heavy (non-hydrogen) atoms. The molecule has 0 radical (unpaired) electrons. The third-order valence-corrected chi connectivity index (χ3v) is 3.84. The van der Waals surface area contributed by atoms with Crippen LogP contribution >= 0.6 is 0 Å². The van der Waals surface area contributed by atoms with E-state index >= 15 is 0 Å². The lowest BCUT2D eigenvalue weighted by atomic mass is 9.93. The molecule has 0 amide bonds. The van der Waals surface area contributed by atoms with Crippen LogP contribution in [0.15, 0.2) is 18.2 Å². The molecule has 2 N–H and O–H groups in total. The fourth-order valence-corrected chi connectivity index (χ4v) is 2.87. The quantitative estimate of drug-likeness (QED) is 0.829. The number of hydrogen-bond donors (Lipinski definition) is 1. The third kappa shape index (κ3) is 2.59. The maximum atomic E-state index is 8.91. The van der Waals surface area contributed by atoms with Crippen molar-refractivity contribution in [3.8, 4) is 6.07 Å². The Morgan fingerprint density at radius 1 is 1.33 bits per heavy atom. The molecule has 2 rings (SSSR count). The minimum atomic E-state index is 0.568. The first-order valence-corrected chi connectivity index (χ1v) is 6.82. The number of rotatable bonds is 3. The molecule has 1 saturated carbocycles. The number of nitrogen functional groups attached to an aromatic ring is 1. The van der Waals surface area contributed by atoms with Gasteiger partial charge in [0.2, 0.25) is 0 Å². The second-order valence-corrected chi connectivity index (χ2v) is 4.96. The van der Waals surface area contributed by atoms with Crippen LogP contribution in [0.5, 0.6) is 0 Å². The van der Waals surface area contributed by atoms with Gasteiger partial charge in [0.05, 0.1) is 11.3 Å². The Morgan fingerprint density at radius 2 is 2.06 bits per heavy atom. The van der Waals surface area contributed by atoms with Gasteiger partial charge in [-0.25, -0.2) is 0 Å². The zero-order chi connectivity index (χ0) is 13.0. The Morgan fingerprint density at radius 3 is 2.61 bits per heavy atom. The molecule has 0 unspecified atom stereocenters. The van der Waals surface area contributed by atoms with Crippen molar-refractivity contribution in [1.29, 1.82) is 5.26 Å². The lowest BCUT2D eigenvalue weighted by Gasteiger charge is -2.35. The molecule has 1 fully saturated rings. The van der Waals surface area contributed by atoms with Crippen molar-refractivity contribution < 1.29 is 0 Å². The van der Waals surface area contributed by atoms with Crippen molar-refractivity contribution >= 4 is 11.4 Å². The molecule has 96 valence electrons. The average Bonchev–Trinajstić information content (AvgIpc) is 2.41. The highest BCUT2D eigenvalue weighted by atomic mass is 15.2. The zero-order valence-electron chi connectivity index (χ0n) is 11.0. The van der Waals surface area contributed by atoms with Gasteiger partial charge in [0, 0.05) is 18.3 Å². The summed E-state index contributed by atoms with van der Waals surface area (Å²) < 4.78 is 0. The Kier molecular flexibility index (Phi) is 4.09. The van der Waals surface area contributed by atoms with E-state index in [-0.39, 0.29) is 0 Å². The molecular weight excluding hydrogens is 222 g/mol. The number of nitrogens with two attached hydrogens (primary N) is 1. The molecule has 0 saturated heterocycles. The van der Waals surface area contributed by atoms with Crippen LogP contribution in [0.1, 0.15) is 44.6 Å². The number of anilines is 2. The molecular formula is C15H21N3. The van der Waals surface area contributed by atoms with Gasteiger partial charge in [0.1, 0.15) is 6.07 Å². The van der Waals surface area contributed by atoms with Crippen LogP contribution < -0.4 is 10.6 Å². The first kappa shape index (κ1) is 12.8. The maximum absolute atomic E-state index is 8.91. The topological polar surface area (TPSA) is 53.0 Å². The summed E-state index contributed by atoms with van der Waals surface area (Å²) in [7, 11) is 0.